The van der Waals surface area contributed by atoms with Crippen molar-refractivity contribution >= 4 is 17.7 Å². The first kappa shape index (κ1) is 13.0. The molecule has 0 saturated carbocycles. The Balaban J connectivity index is 2.97. The number of rotatable bonds is 4. The van der Waals surface area contributed by atoms with E-state index >= 15 is 0 Å². The molecule has 92 valence electrons. The van der Waals surface area contributed by atoms with E-state index in [1.807, 2.05) is 0 Å². The third-order valence-electron chi connectivity index (χ3n) is 2.12. The maximum absolute atomic E-state index is 11.6. The van der Waals surface area contributed by atoms with E-state index in [1.54, 1.807) is 14.0 Å². The van der Waals surface area contributed by atoms with Gasteiger partial charge in [0.2, 0.25) is 0 Å². The SMILES string of the molecule is CCOC(=O)C(=O)c1cc(C(=O)OC)n(C)c1. The number of aromatic nitrogens is 1. The summed E-state index contributed by atoms with van der Waals surface area (Å²) >= 11 is 0. The summed E-state index contributed by atoms with van der Waals surface area (Å²) in [5.41, 5.74) is 0.298. The van der Waals surface area contributed by atoms with Crippen LogP contribution in [0.2, 0.25) is 0 Å². The minimum atomic E-state index is -0.936. The van der Waals surface area contributed by atoms with Gasteiger partial charge in [0.05, 0.1) is 13.7 Å². The number of esters is 2. The molecule has 17 heavy (non-hydrogen) atoms. The maximum atomic E-state index is 11.6. The fourth-order valence-corrected chi connectivity index (χ4v) is 1.31. The zero-order valence-corrected chi connectivity index (χ0v) is 9.85. The summed E-state index contributed by atoms with van der Waals surface area (Å²) in [6.07, 6.45) is 1.38. The Labute approximate surface area is 98.1 Å². The van der Waals surface area contributed by atoms with E-state index in [-0.39, 0.29) is 17.9 Å². The average molecular weight is 239 g/mol. The van der Waals surface area contributed by atoms with Crippen LogP contribution in [0.1, 0.15) is 27.8 Å². The summed E-state index contributed by atoms with van der Waals surface area (Å²) in [7, 11) is 2.82. The average Bonchev–Trinajstić information content (AvgIpc) is 2.69. The van der Waals surface area contributed by atoms with E-state index in [1.165, 1.54) is 23.9 Å². The molecular formula is C11H13NO5. The molecule has 0 amide bonds. The van der Waals surface area contributed by atoms with Crippen LogP contribution in [0, 0.1) is 0 Å². The molecule has 6 heteroatoms. The van der Waals surface area contributed by atoms with Gasteiger partial charge in [0.1, 0.15) is 5.69 Å². The number of hydrogen-bond acceptors (Lipinski definition) is 5. The van der Waals surface area contributed by atoms with Crippen molar-refractivity contribution in [3.63, 3.8) is 0 Å². The van der Waals surface area contributed by atoms with Crippen molar-refractivity contribution in [3.05, 3.63) is 23.5 Å². The predicted octanol–water partition coefficient (Wildman–Crippen LogP) is 0.557. The lowest BCUT2D eigenvalue weighted by atomic mass is 10.2. The first-order valence-corrected chi connectivity index (χ1v) is 4.97. The van der Waals surface area contributed by atoms with Crippen LogP contribution in [0.15, 0.2) is 12.3 Å². The Morgan fingerprint density at radius 1 is 1.35 bits per heavy atom. The van der Waals surface area contributed by atoms with Gasteiger partial charge in [-0.1, -0.05) is 0 Å². The molecule has 0 bridgehead atoms. The zero-order valence-electron chi connectivity index (χ0n) is 9.85. The minimum absolute atomic E-state index is 0.103. The molecular weight excluding hydrogens is 226 g/mol. The summed E-state index contributed by atoms with van der Waals surface area (Å²) in [4.78, 5) is 34.1. The molecule has 0 aromatic carbocycles. The van der Waals surface area contributed by atoms with Crippen LogP contribution >= 0.6 is 0 Å². The van der Waals surface area contributed by atoms with E-state index in [0.717, 1.165) is 0 Å². The molecule has 1 rings (SSSR count). The Morgan fingerprint density at radius 3 is 2.53 bits per heavy atom. The summed E-state index contributed by atoms with van der Waals surface area (Å²) in [5.74, 6) is -2.29. The number of hydrogen-bond donors (Lipinski definition) is 0. The molecule has 0 N–H and O–H groups in total. The Hall–Kier alpha value is -2.11. The first-order valence-electron chi connectivity index (χ1n) is 4.97. The molecule has 1 heterocycles. The van der Waals surface area contributed by atoms with E-state index in [2.05, 4.69) is 9.47 Å². The normalized spacial score (nSPS) is 9.82. The molecule has 6 nitrogen and oxygen atoms in total. The Morgan fingerprint density at radius 2 is 2.00 bits per heavy atom. The van der Waals surface area contributed by atoms with E-state index in [4.69, 9.17) is 0 Å². The molecule has 0 unspecified atom stereocenters. The third kappa shape index (κ3) is 2.72. The van der Waals surface area contributed by atoms with Gasteiger partial charge in [-0.2, -0.15) is 0 Å². The van der Waals surface area contributed by atoms with Crippen molar-refractivity contribution in [2.45, 2.75) is 6.92 Å². The number of nitrogens with zero attached hydrogens (tertiary/aromatic N) is 1. The number of aryl methyl sites for hydroxylation is 1. The highest BCUT2D eigenvalue weighted by Gasteiger charge is 2.22. The summed E-state index contributed by atoms with van der Waals surface area (Å²) in [6.45, 7) is 1.73. The van der Waals surface area contributed by atoms with Gasteiger partial charge in [0.25, 0.3) is 5.78 Å². The highest BCUT2D eigenvalue weighted by atomic mass is 16.5. The topological polar surface area (TPSA) is 74.6 Å². The fourth-order valence-electron chi connectivity index (χ4n) is 1.31. The Kier molecular flexibility index (Phi) is 4.03. The van der Waals surface area contributed by atoms with Crippen molar-refractivity contribution in [1.29, 1.82) is 0 Å². The monoisotopic (exact) mass is 239 g/mol. The molecule has 1 aromatic heterocycles. The first-order chi connectivity index (χ1) is 8.01. The minimum Gasteiger partial charge on any atom is -0.464 e. The quantitative estimate of drug-likeness (QED) is 0.436. The van der Waals surface area contributed by atoms with Crippen molar-refractivity contribution in [2.75, 3.05) is 13.7 Å². The van der Waals surface area contributed by atoms with Gasteiger partial charge in [0, 0.05) is 18.8 Å². The molecule has 1 aromatic rings. The van der Waals surface area contributed by atoms with Crippen molar-refractivity contribution in [2.24, 2.45) is 7.05 Å². The fraction of sp³-hybridized carbons (Fsp3) is 0.364. The second-order valence-corrected chi connectivity index (χ2v) is 3.27. The molecule has 0 radical (unpaired) electrons. The lowest BCUT2D eigenvalue weighted by Gasteiger charge is -1.98. The standard InChI is InChI=1S/C11H13NO5/c1-4-17-11(15)9(13)7-5-8(10(14)16-3)12(2)6-7/h5-6H,4H2,1-3H3. The van der Waals surface area contributed by atoms with E-state index < -0.39 is 17.7 Å². The molecule has 0 spiro atoms. The van der Waals surface area contributed by atoms with Crippen LogP contribution in [0.4, 0.5) is 0 Å². The van der Waals surface area contributed by atoms with Gasteiger partial charge < -0.3 is 14.0 Å². The Bertz CT molecular complexity index is 460. The predicted molar refractivity (Wildman–Crippen MR) is 57.7 cm³/mol. The van der Waals surface area contributed by atoms with Crippen molar-refractivity contribution < 1.29 is 23.9 Å². The summed E-state index contributed by atoms with van der Waals surface area (Å²) < 4.78 is 10.5. The van der Waals surface area contributed by atoms with Gasteiger partial charge in [0.15, 0.2) is 0 Å². The van der Waals surface area contributed by atoms with Gasteiger partial charge in [-0.05, 0) is 13.0 Å². The second-order valence-electron chi connectivity index (χ2n) is 3.27. The van der Waals surface area contributed by atoms with E-state index in [0.29, 0.717) is 0 Å². The smallest absolute Gasteiger partial charge is 0.379 e. The zero-order chi connectivity index (χ0) is 13.0. The molecule has 0 atom stereocenters. The van der Waals surface area contributed by atoms with Crippen molar-refractivity contribution in [1.82, 2.24) is 4.57 Å². The largest absolute Gasteiger partial charge is 0.464 e. The number of ketones is 1. The van der Waals surface area contributed by atoms with Crippen LogP contribution in [0.25, 0.3) is 0 Å². The number of carbonyl (C=O) groups excluding carboxylic acids is 3. The van der Waals surface area contributed by atoms with Gasteiger partial charge in [-0.25, -0.2) is 9.59 Å². The van der Waals surface area contributed by atoms with Crippen LogP contribution in [-0.2, 0) is 21.3 Å². The second kappa shape index (κ2) is 5.29. The molecule has 0 aliphatic carbocycles. The summed E-state index contributed by atoms with van der Waals surface area (Å²) in [5, 5.41) is 0. The van der Waals surface area contributed by atoms with Crippen LogP contribution < -0.4 is 0 Å². The molecule has 0 aliphatic rings. The highest BCUT2D eigenvalue weighted by Crippen LogP contribution is 2.10. The van der Waals surface area contributed by atoms with E-state index in [9.17, 15) is 14.4 Å². The van der Waals surface area contributed by atoms with Gasteiger partial charge in [-0.3, -0.25) is 4.79 Å². The molecule has 0 saturated heterocycles. The van der Waals surface area contributed by atoms with Crippen LogP contribution in [0.3, 0.4) is 0 Å². The van der Waals surface area contributed by atoms with Crippen LogP contribution in [-0.4, -0.2) is 36.0 Å². The molecule has 0 fully saturated rings. The van der Waals surface area contributed by atoms with Gasteiger partial charge in [-0.15, -0.1) is 0 Å². The number of carbonyl (C=O) groups is 3. The lowest BCUT2D eigenvalue weighted by molar-refractivity contribution is -0.137. The highest BCUT2D eigenvalue weighted by molar-refractivity contribution is 6.40. The number of ether oxygens (including phenoxy) is 2. The summed E-state index contributed by atoms with van der Waals surface area (Å²) in [6, 6.07) is 1.30. The maximum Gasteiger partial charge on any atom is 0.379 e. The third-order valence-corrected chi connectivity index (χ3v) is 2.12. The van der Waals surface area contributed by atoms with Gasteiger partial charge >= 0.3 is 11.9 Å². The number of Topliss-reactive ketones (excluding diaryl/α,β-unsaturated/α-hetero) is 1. The molecule has 0 aliphatic heterocycles. The van der Waals surface area contributed by atoms with Crippen molar-refractivity contribution in [3.8, 4) is 0 Å². The number of methoxy groups -OCH3 is 1. The lowest BCUT2D eigenvalue weighted by Crippen LogP contribution is -2.16. The van der Waals surface area contributed by atoms with Crippen LogP contribution in [0.5, 0.6) is 0 Å².